The third-order valence-corrected chi connectivity index (χ3v) is 6.36. The van der Waals surface area contributed by atoms with E-state index in [0.717, 1.165) is 38.2 Å². The molecule has 1 saturated carbocycles. The second-order valence-corrected chi connectivity index (χ2v) is 8.06. The molecule has 1 saturated heterocycles. The Morgan fingerprint density at radius 1 is 1.20 bits per heavy atom. The minimum Gasteiger partial charge on any atom is -0.396 e. The lowest BCUT2D eigenvalue weighted by molar-refractivity contribution is -0.0250. The monoisotopic (exact) mass is 346 g/mol. The number of nitrogens with two attached hydrogens (primary N) is 2. The van der Waals surface area contributed by atoms with Crippen LogP contribution in [0.2, 0.25) is 0 Å². The van der Waals surface area contributed by atoms with Gasteiger partial charge in [0.2, 0.25) is 0 Å². The van der Waals surface area contributed by atoms with Crippen LogP contribution in [0.3, 0.4) is 0 Å². The Bertz CT molecular complexity index is 588. The highest BCUT2D eigenvalue weighted by molar-refractivity contribution is 5.64. The van der Waals surface area contributed by atoms with E-state index in [4.69, 9.17) is 16.2 Å². The molecule has 5 heteroatoms. The summed E-state index contributed by atoms with van der Waals surface area (Å²) in [4.78, 5) is 6.99. The number of rotatable bonds is 4. The van der Waals surface area contributed by atoms with Gasteiger partial charge in [-0.15, -0.1) is 0 Å². The fourth-order valence-corrected chi connectivity index (χ4v) is 4.73. The number of aryl methyl sites for hydroxylation is 1. The molecule has 2 aliphatic rings. The molecule has 2 fully saturated rings. The molecule has 1 aromatic rings. The lowest BCUT2D eigenvalue weighted by atomic mass is 9.78. The summed E-state index contributed by atoms with van der Waals surface area (Å²) in [6.45, 7) is 9.65. The smallest absolute Gasteiger partial charge is 0.147 e. The SMILES string of the molecule is CCOC1CCC(C)(N2CCC(c3cc(C)nc(N)c3N)CC2)CC1. The van der Waals surface area contributed by atoms with Crippen LogP contribution in [0.25, 0.3) is 0 Å². The molecular formula is C20H34N4O. The van der Waals surface area contributed by atoms with E-state index >= 15 is 0 Å². The van der Waals surface area contributed by atoms with E-state index in [9.17, 15) is 0 Å². The molecule has 2 heterocycles. The molecule has 0 atom stereocenters. The Labute approximate surface area is 152 Å². The van der Waals surface area contributed by atoms with Gasteiger partial charge in [-0.1, -0.05) is 0 Å². The summed E-state index contributed by atoms with van der Waals surface area (Å²) in [7, 11) is 0. The fraction of sp³-hybridized carbons (Fsp3) is 0.750. The zero-order valence-electron chi connectivity index (χ0n) is 16.1. The van der Waals surface area contributed by atoms with Gasteiger partial charge in [0, 0.05) is 17.8 Å². The van der Waals surface area contributed by atoms with Crippen molar-refractivity contribution in [1.29, 1.82) is 0 Å². The first-order valence-corrected chi connectivity index (χ1v) is 9.82. The average Bonchev–Trinajstić information content (AvgIpc) is 2.61. The Hall–Kier alpha value is -1.33. The van der Waals surface area contributed by atoms with Gasteiger partial charge in [0.1, 0.15) is 5.82 Å². The van der Waals surface area contributed by atoms with Crippen LogP contribution >= 0.6 is 0 Å². The van der Waals surface area contributed by atoms with Crippen molar-refractivity contribution in [2.75, 3.05) is 31.2 Å². The third-order valence-electron chi connectivity index (χ3n) is 6.36. The molecule has 0 unspecified atom stereocenters. The van der Waals surface area contributed by atoms with Gasteiger partial charge in [0.15, 0.2) is 0 Å². The topological polar surface area (TPSA) is 77.4 Å². The molecule has 25 heavy (non-hydrogen) atoms. The molecule has 3 rings (SSSR count). The van der Waals surface area contributed by atoms with Crippen molar-refractivity contribution in [2.45, 2.75) is 76.9 Å². The first-order valence-electron chi connectivity index (χ1n) is 9.82. The molecule has 140 valence electrons. The maximum atomic E-state index is 6.21. The average molecular weight is 347 g/mol. The summed E-state index contributed by atoms with van der Waals surface area (Å²) < 4.78 is 5.82. The highest BCUT2D eigenvalue weighted by Crippen LogP contribution is 2.40. The number of nitrogen functional groups attached to an aromatic ring is 2. The van der Waals surface area contributed by atoms with E-state index in [1.54, 1.807) is 0 Å². The minimum atomic E-state index is 0.331. The van der Waals surface area contributed by atoms with Crippen molar-refractivity contribution in [3.8, 4) is 0 Å². The molecule has 0 spiro atoms. The van der Waals surface area contributed by atoms with Crippen LogP contribution in [0.1, 0.15) is 69.5 Å². The predicted molar refractivity (Wildman–Crippen MR) is 104 cm³/mol. The normalized spacial score (nSPS) is 29.0. The molecule has 4 N–H and O–H groups in total. The van der Waals surface area contributed by atoms with Gasteiger partial charge in [0.05, 0.1) is 11.8 Å². The summed E-state index contributed by atoms with van der Waals surface area (Å²) in [6.07, 6.45) is 7.64. The van der Waals surface area contributed by atoms with Gasteiger partial charge in [-0.3, -0.25) is 4.90 Å². The van der Waals surface area contributed by atoms with E-state index in [0.29, 0.717) is 29.1 Å². The van der Waals surface area contributed by atoms with Crippen molar-refractivity contribution in [2.24, 2.45) is 0 Å². The van der Waals surface area contributed by atoms with Gasteiger partial charge in [-0.05, 0) is 89.9 Å². The van der Waals surface area contributed by atoms with E-state index in [1.807, 2.05) is 6.92 Å². The van der Waals surface area contributed by atoms with Crippen LogP contribution in [0.15, 0.2) is 6.07 Å². The van der Waals surface area contributed by atoms with Crippen molar-refractivity contribution >= 4 is 11.5 Å². The second kappa shape index (κ2) is 7.50. The number of nitrogens with zero attached hydrogens (tertiary/aromatic N) is 2. The molecule has 1 aromatic heterocycles. The van der Waals surface area contributed by atoms with Crippen LogP contribution in [-0.2, 0) is 4.74 Å². The van der Waals surface area contributed by atoms with Gasteiger partial charge >= 0.3 is 0 Å². The zero-order chi connectivity index (χ0) is 18.0. The van der Waals surface area contributed by atoms with Crippen LogP contribution in [-0.4, -0.2) is 41.2 Å². The van der Waals surface area contributed by atoms with Gasteiger partial charge in [0.25, 0.3) is 0 Å². The number of pyridine rings is 1. The summed E-state index contributed by atoms with van der Waals surface area (Å²) in [5.74, 6) is 0.988. The number of piperidine rings is 1. The molecule has 1 aliphatic carbocycles. The molecule has 0 radical (unpaired) electrons. The summed E-state index contributed by atoms with van der Waals surface area (Å²) in [6, 6.07) is 2.13. The summed E-state index contributed by atoms with van der Waals surface area (Å²) >= 11 is 0. The maximum absolute atomic E-state index is 6.21. The molecule has 0 amide bonds. The van der Waals surface area contributed by atoms with Crippen molar-refractivity contribution in [3.05, 3.63) is 17.3 Å². The van der Waals surface area contributed by atoms with Crippen LogP contribution in [0.5, 0.6) is 0 Å². The summed E-state index contributed by atoms with van der Waals surface area (Å²) in [5.41, 5.74) is 15.4. The fourth-order valence-electron chi connectivity index (χ4n) is 4.73. The maximum Gasteiger partial charge on any atom is 0.147 e. The minimum absolute atomic E-state index is 0.331. The molecule has 1 aliphatic heterocycles. The largest absolute Gasteiger partial charge is 0.396 e. The van der Waals surface area contributed by atoms with E-state index in [1.165, 1.54) is 31.2 Å². The van der Waals surface area contributed by atoms with E-state index in [2.05, 4.69) is 29.8 Å². The van der Waals surface area contributed by atoms with E-state index < -0.39 is 0 Å². The Morgan fingerprint density at radius 2 is 1.84 bits per heavy atom. The predicted octanol–water partition coefficient (Wildman–Crippen LogP) is 3.47. The van der Waals surface area contributed by atoms with Gasteiger partial charge < -0.3 is 16.2 Å². The molecule has 0 aromatic carbocycles. The standard InChI is InChI=1S/C20H34N4O/c1-4-25-16-5-9-20(3,10-6-16)24-11-7-15(8-12-24)17-13-14(2)23-19(22)18(17)21/h13,15-16H,4-12,21H2,1-3H3,(H2,22,23). The quantitative estimate of drug-likeness (QED) is 0.873. The number of anilines is 2. The van der Waals surface area contributed by atoms with Crippen LogP contribution < -0.4 is 11.5 Å². The van der Waals surface area contributed by atoms with Gasteiger partial charge in [-0.25, -0.2) is 4.98 Å². The van der Waals surface area contributed by atoms with Crippen LogP contribution in [0, 0.1) is 6.92 Å². The summed E-state index contributed by atoms with van der Waals surface area (Å²) in [5, 5.41) is 0. The number of hydrogen-bond donors (Lipinski definition) is 2. The molecular weight excluding hydrogens is 312 g/mol. The van der Waals surface area contributed by atoms with Crippen molar-refractivity contribution in [1.82, 2.24) is 9.88 Å². The number of ether oxygens (including phenoxy) is 1. The lowest BCUT2D eigenvalue weighted by Gasteiger charge is -2.48. The van der Waals surface area contributed by atoms with E-state index in [-0.39, 0.29) is 0 Å². The third kappa shape index (κ3) is 3.93. The first kappa shape index (κ1) is 18.5. The number of hydrogen-bond acceptors (Lipinski definition) is 5. The molecule has 0 bridgehead atoms. The molecule has 5 nitrogen and oxygen atoms in total. The first-order chi connectivity index (χ1) is 11.9. The van der Waals surface area contributed by atoms with Crippen LogP contribution in [0.4, 0.5) is 11.5 Å². The van der Waals surface area contributed by atoms with Gasteiger partial charge in [-0.2, -0.15) is 0 Å². The number of likely N-dealkylation sites (tertiary alicyclic amines) is 1. The highest BCUT2D eigenvalue weighted by atomic mass is 16.5. The van der Waals surface area contributed by atoms with Crippen molar-refractivity contribution in [3.63, 3.8) is 0 Å². The second-order valence-electron chi connectivity index (χ2n) is 8.06. The zero-order valence-corrected chi connectivity index (χ0v) is 16.1. The lowest BCUT2D eigenvalue weighted by Crippen LogP contribution is -2.52. The Morgan fingerprint density at radius 3 is 2.44 bits per heavy atom. The number of aromatic nitrogens is 1. The highest BCUT2D eigenvalue weighted by Gasteiger charge is 2.38. The Balaban J connectivity index is 1.61. The van der Waals surface area contributed by atoms with Crippen molar-refractivity contribution < 1.29 is 4.74 Å². The Kier molecular flexibility index (Phi) is 5.54.